The maximum absolute atomic E-state index is 11.4. The maximum Gasteiger partial charge on any atom is 0.335 e. The molecule has 0 bridgehead atoms. The predicted molar refractivity (Wildman–Crippen MR) is 112 cm³/mol. The number of carbonyl (C=O) groups excluding carboxylic acids is 1. The molecule has 3 heteroatoms. The molecule has 1 rings (SSSR count). The Bertz CT molecular complexity index is 501. The molecule has 26 heavy (non-hydrogen) atoms. The van der Waals surface area contributed by atoms with Crippen LogP contribution in [-0.2, 0) is 11.2 Å². The van der Waals surface area contributed by atoms with Gasteiger partial charge in [-0.25, -0.2) is 4.79 Å². The molecule has 148 valence electrons. The summed E-state index contributed by atoms with van der Waals surface area (Å²) in [7, 11) is 0. The van der Waals surface area contributed by atoms with Crippen molar-refractivity contribution >= 4 is 11.8 Å². The van der Waals surface area contributed by atoms with E-state index in [4.69, 9.17) is 5.11 Å². The Morgan fingerprint density at radius 2 is 1.31 bits per heavy atom. The molecule has 0 atom stereocenters. The summed E-state index contributed by atoms with van der Waals surface area (Å²) in [6.45, 7) is 13.4. The van der Waals surface area contributed by atoms with Gasteiger partial charge in [0.05, 0.1) is 5.56 Å². The zero-order valence-corrected chi connectivity index (χ0v) is 17.4. The van der Waals surface area contributed by atoms with Crippen LogP contribution in [0.3, 0.4) is 0 Å². The van der Waals surface area contributed by atoms with E-state index in [0.717, 1.165) is 25.7 Å². The summed E-state index contributed by atoms with van der Waals surface area (Å²) < 4.78 is 0. The van der Waals surface area contributed by atoms with Crippen LogP contribution in [0.4, 0.5) is 0 Å². The molecule has 0 amide bonds. The number of carboxylic acid groups (broad SMARTS) is 1. The first kappa shape index (κ1) is 26.3. The number of carboxylic acids is 1. The Labute approximate surface area is 160 Å². The number of Topliss-reactive ketones (excluding diaryl/α,β-unsaturated/α-hetero) is 1. The molecule has 3 nitrogen and oxygen atoms in total. The number of unbranched alkanes of at least 4 members (excludes halogenated alkanes) is 5. The van der Waals surface area contributed by atoms with Gasteiger partial charge in [0.2, 0.25) is 0 Å². The Morgan fingerprint density at radius 3 is 1.77 bits per heavy atom. The van der Waals surface area contributed by atoms with Crippen LogP contribution in [0.1, 0.15) is 95.5 Å². The van der Waals surface area contributed by atoms with E-state index in [0.29, 0.717) is 17.6 Å². The molecule has 0 radical (unpaired) electrons. The van der Waals surface area contributed by atoms with Gasteiger partial charge in [-0.2, -0.15) is 0 Å². The fourth-order valence-corrected chi connectivity index (χ4v) is 2.35. The molecule has 1 aromatic carbocycles. The second-order valence-corrected chi connectivity index (χ2v) is 5.83. The van der Waals surface area contributed by atoms with Crippen LogP contribution in [0.5, 0.6) is 0 Å². The van der Waals surface area contributed by atoms with Gasteiger partial charge in [0, 0.05) is 6.42 Å². The zero-order chi connectivity index (χ0) is 20.4. The first-order valence-corrected chi connectivity index (χ1v) is 10.0. The summed E-state index contributed by atoms with van der Waals surface area (Å²) in [6, 6.07) is 7.12. The highest BCUT2D eigenvalue weighted by Crippen LogP contribution is 2.12. The van der Waals surface area contributed by atoms with Crippen LogP contribution in [0.2, 0.25) is 0 Å². The largest absolute Gasteiger partial charge is 0.478 e. The Balaban J connectivity index is 0. The number of hydrogen-bond donors (Lipinski definition) is 1. The molecule has 1 aromatic rings. The molecule has 0 spiro atoms. The summed E-state index contributed by atoms with van der Waals surface area (Å²) in [5.41, 5.74) is 2.19. The van der Waals surface area contributed by atoms with Crippen molar-refractivity contribution in [3.8, 4) is 0 Å². The highest BCUT2D eigenvalue weighted by molar-refractivity contribution is 5.94. The van der Waals surface area contributed by atoms with E-state index in [9.17, 15) is 9.59 Å². The van der Waals surface area contributed by atoms with E-state index in [2.05, 4.69) is 6.58 Å². The normalized spacial score (nSPS) is 9.27. The molecule has 0 fully saturated rings. The predicted octanol–water partition coefficient (Wildman–Crippen LogP) is 6.86. The number of carbonyl (C=O) groups is 2. The number of allylic oxidation sites excluding steroid dienone is 1. The number of aromatic carboxylic acids is 1. The molecule has 0 unspecified atom stereocenters. The van der Waals surface area contributed by atoms with Crippen LogP contribution in [0, 0.1) is 0 Å². The van der Waals surface area contributed by atoms with E-state index >= 15 is 0 Å². The van der Waals surface area contributed by atoms with E-state index < -0.39 is 5.97 Å². The lowest BCUT2D eigenvalue weighted by Crippen LogP contribution is -1.97. The average molecular weight is 363 g/mol. The van der Waals surface area contributed by atoms with Gasteiger partial charge in [0.25, 0.3) is 0 Å². The van der Waals surface area contributed by atoms with Crippen LogP contribution >= 0.6 is 0 Å². The van der Waals surface area contributed by atoms with Crippen molar-refractivity contribution in [1.29, 1.82) is 0 Å². The number of benzene rings is 1. The first-order valence-electron chi connectivity index (χ1n) is 10.0. The molecule has 0 saturated heterocycles. The molecule has 1 N–H and O–H groups in total. The second kappa shape index (κ2) is 17.9. The third-order valence-electron chi connectivity index (χ3n) is 3.80. The number of aryl methyl sites for hydroxylation is 1. The van der Waals surface area contributed by atoms with Gasteiger partial charge in [-0.15, -0.1) is 0 Å². The summed E-state index contributed by atoms with van der Waals surface area (Å²) in [4.78, 5) is 22.1. The average Bonchev–Trinajstić information content (AvgIpc) is 2.67. The van der Waals surface area contributed by atoms with Crippen molar-refractivity contribution < 1.29 is 14.7 Å². The highest BCUT2D eigenvalue weighted by atomic mass is 16.4. The quantitative estimate of drug-likeness (QED) is 0.346. The van der Waals surface area contributed by atoms with Gasteiger partial charge in [-0.1, -0.05) is 72.1 Å². The minimum absolute atomic E-state index is 0.185. The van der Waals surface area contributed by atoms with E-state index in [-0.39, 0.29) is 5.78 Å². The van der Waals surface area contributed by atoms with Crippen molar-refractivity contribution in [3.05, 3.63) is 47.5 Å². The smallest absolute Gasteiger partial charge is 0.335 e. The summed E-state index contributed by atoms with van der Waals surface area (Å²) in [6.07, 6.45) is 8.34. The van der Waals surface area contributed by atoms with E-state index in [1.165, 1.54) is 24.8 Å². The fraction of sp³-hybridized carbons (Fsp3) is 0.565. The van der Waals surface area contributed by atoms with Gasteiger partial charge >= 0.3 is 5.97 Å². The zero-order valence-electron chi connectivity index (χ0n) is 17.4. The third-order valence-corrected chi connectivity index (χ3v) is 3.80. The fourth-order valence-electron chi connectivity index (χ4n) is 2.35. The topological polar surface area (TPSA) is 54.4 Å². The van der Waals surface area contributed by atoms with Crippen LogP contribution in [0.25, 0.3) is 0 Å². The molecule has 0 saturated carbocycles. The molecule has 0 aliphatic carbocycles. The molecule has 0 aliphatic heterocycles. The van der Waals surface area contributed by atoms with Crippen molar-refractivity contribution in [2.45, 2.75) is 86.0 Å². The van der Waals surface area contributed by atoms with Crippen LogP contribution in [-0.4, -0.2) is 16.9 Å². The van der Waals surface area contributed by atoms with Gasteiger partial charge in [0.1, 0.15) is 0 Å². The standard InChI is InChI=1S/C19H26O3.2C2H6/c1-15(2)18(20)10-8-6-4-3-5-7-9-16-11-13-17(14-12-16)19(21)22;2*1-2/h11-14H,1,3-10H2,2H3,(H,21,22);2*1-2H3. The Hall–Kier alpha value is -1.90. The summed E-state index contributed by atoms with van der Waals surface area (Å²) >= 11 is 0. The SMILES string of the molecule is C=C(C)C(=O)CCCCCCCCc1ccc(C(=O)O)cc1.CC.CC. The number of ketones is 1. The summed E-state index contributed by atoms with van der Waals surface area (Å²) in [5.74, 6) is -0.693. The van der Waals surface area contributed by atoms with E-state index in [1.54, 1.807) is 19.1 Å². The Morgan fingerprint density at radius 1 is 0.846 bits per heavy atom. The van der Waals surface area contributed by atoms with Gasteiger partial charge in [0.15, 0.2) is 5.78 Å². The minimum Gasteiger partial charge on any atom is -0.478 e. The van der Waals surface area contributed by atoms with Gasteiger partial charge in [-0.05, 0) is 49.5 Å². The lowest BCUT2D eigenvalue weighted by molar-refractivity contribution is -0.115. The van der Waals surface area contributed by atoms with Crippen molar-refractivity contribution in [1.82, 2.24) is 0 Å². The van der Waals surface area contributed by atoms with Gasteiger partial charge in [-0.3, -0.25) is 4.79 Å². The first-order chi connectivity index (χ1) is 12.5. The van der Waals surface area contributed by atoms with Gasteiger partial charge < -0.3 is 5.11 Å². The third kappa shape index (κ3) is 13.4. The molecule has 0 heterocycles. The number of rotatable bonds is 11. The Kier molecular flexibility index (Phi) is 18.1. The maximum atomic E-state index is 11.4. The highest BCUT2D eigenvalue weighted by Gasteiger charge is 2.02. The minimum atomic E-state index is -0.878. The van der Waals surface area contributed by atoms with Crippen molar-refractivity contribution in [2.75, 3.05) is 0 Å². The molecular weight excluding hydrogens is 324 g/mol. The lowest BCUT2D eigenvalue weighted by Gasteiger charge is -2.03. The van der Waals surface area contributed by atoms with Crippen molar-refractivity contribution in [2.24, 2.45) is 0 Å². The lowest BCUT2D eigenvalue weighted by atomic mass is 10.0. The van der Waals surface area contributed by atoms with Crippen LogP contribution in [0.15, 0.2) is 36.4 Å². The number of hydrogen-bond acceptors (Lipinski definition) is 2. The van der Waals surface area contributed by atoms with Crippen molar-refractivity contribution in [3.63, 3.8) is 0 Å². The van der Waals surface area contributed by atoms with Crippen LogP contribution < -0.4 is 0 Å². The molecule has 0 aromatic heterocycles. The molecule has 0 aliphatic rings. The van der Waals surface area contributed by atoms with E-state index in [1.807, 2.05) is 39.8 Å². The summed E-state index contributed by atoms with van der Waals surface area (Å²) in [5, 5.41) is 8.83. The second-order valence-electron chi connectivity index (χ2n) is 5.83. The molecular formula is C23H38O3. The monoisotopic (exact) mass is 362 g/mol.